The fourth-order valence-corrected chi connectivity index (χ4v) is 7.01. The van der Waals surface area contributed by atoms with Gasteiger partial charge >= 0.3 is 6.18 Å². The van der Waals surface area contributed by atoms with Gasteiger partial charge in [-0.05, 0) is 23.6 Å². The molecule has 1 nitrogen and oxygen atoms in total. The zero-order valence-electron chi connectivity index (χ0n) is 13.9. The van der Waals surface area contributed by atoms with Crippen molar-refractivity contribution in [2.45, 2.75) is 58.0 Å². The molecule has 0 amide bonds. The highest BCUT2D eigenvalue weighted by molar-refractivity contribution is 7.59. The number of halogens is 3. The number of aromatic nitrogens is 1. The highest BCUT2D eigenvalue weighted by Crippen LogP contribution is 2.61. The van der Waals surface area contributed by atoms with Crippen molar-refractivity contribution in [3.63, 3.8) is 0 Å². The molecule has 0 bridgehead atoms. The third-order valence-corrected chi connectivity index (χ3v) is 6.81. The Morgan fingerprint density at radius 1 is 0.864 bits per heavy atom. The summed E-state index contributed by atoms with van der Waals surface area (Å²) in [6.45, 7) is 12.9. The molecular weight excluding hydrogens is 306 g/mol. The summed E-state index contributed by atoms with van der Waals surface area (Å²) in [5, 5.41) is 0.843. The number of benzene rings is 1. The Hall–Kier alpha value is -1.02. The second kappa shape index (κ2) is 5.26. The predicted octanol–water partition coefficient (Wildman–Crippen LogP) is 6.50. The average molecular weight is 329 g/mol. The molecule has 0 radical (unpaired) electrons. The van der Waals surface area contributed by atoms with Crippen LogP contribution in [0.5, 0.6) is 0 Å². The van der Waals surface area contributed by atoms with Crippen molar-refractivity contribution in [1.82, 2.24) is 4.34 Å². The summed E-state index contributed by atoms with van der Waals surface area (Å²) in [4.78, 5) is 0. The SMILES string of the molecule is CC(C)(C)P(n1ccc2ccc(C(F)(F)F)cc21)C(C)(C)C. The van der Waals surface area contributed by atoms with E-state index in [2.05, 4.69) is 45.9 Å². The first-order valence-corrected chi connectivity index (χ1v) is 8.60. The first-order chi connectivity index (χ1) is 9.82. The maximum Gasteiger partial charge on any atom is 0.416 e. The second-order valence-electron chi connectivity index (χ2n) is 7.59. The minimum atomic E-state index is -4.31. The molecule has 0 aliphatic rings. The zero-order valence-corrected chi connectivity index (χ0v) is 14.8. The van der Waals surface area contributed by atoms with Gasteiger partial charge in [-0.25, -0.2) is 0 Å². The molecule has 2 rings (SSSR count). The van der Waals surface area contributed by atoms with Crippen molar-refractivity contribution in [2.75, 3.05) is 0 Å². The van der Waals surface area contributed by atoms with E-state index in [1.165, 1.54) is 6.07 Å². The molecule has 1 aromatic carbocycles. The maximum absolute atomic E-state index is 13.0. The molecule has 5 heteroatoms. The van der Waals surface area contributed by atoms with E-state index in [9.17, 15) is 13.2 Å². The van der Waals surface area contributed by atoms with Crippen LogP contribution in [0.3, 0.4) is 0 Å². The summed E-state index contributed by atoms with van der Waals surface area (Å²) in [6, 6.07) is 5.90. The Kier molecular flexibility index (Phi) is 4.15. The van der Waals surface area contributed by atoms with Crippen molar-refractivity contribution in [1.29, 1.82) is 0 Å². The van der Waals surface area contributed by atoms with Crippen molar-refractivity contribution in [3.8, 4) is 0 Å². The highest BCUT2D eigenvalue weighted by atomic mass is 31.1. The van der Waals surface area contributed by atoms with Gasteiger partial charge in [0.2, 0.25) is 0 Å². The minimum absolute atomic E-state index is 0.00618. The molecule has 1 heterocycles. The van der Waals surface area contributed by atoms with Crippen LogP contribution in [0.1, 0.15) is 47.1 Å². The topological polar surface area (TPSA) is 4.93 Å². The first kappa shape index (κ1) is 17.3. The molecule has 0 fully saturated rings. The molecule has 2 aromatic rings. The molecule has 0 saturated carbocycles. The van der Waals surface area contributed by atoms with Crippen molar-refractivity contribution in [3.05, 3.63) is 36.0 Å². The van der Waals surface area contributed by atoms with Crippen molar-refractivity contribution >= 4 is 19.0 Å². The fourth-order valence-electron chi connectivity index (χ4n) is 3.12. The van der Waals surface area contributed by atoms with E-state index in [0.717, 1.165) is 11.5 Å². The molecule has 0 spiro atoms. The third kappa shape index (κ3) is 3.32. The van der Waals surface area contributed by atoms with Crippen LogP contribution < -0.4 is 0 Å². The number of nitrogens with zero attached hydrogens (tertiary/aromatic N) is 1. The van der Waals surface area contributed by atoms with Gasteiger partial charge in [-0.15, -0.1) is 0 Å². The van der Waals surface area contributed by atoms with Gasteiger partial charge in [-0.3, -0.25) is 0 Å². The van der Waals surface area contributed by atoms with E-state index in [4.69, 9.17) is 0 Å². The van der Waals surface area contributed by atoms with E-state index in [-0.39, 0.29) is 10.3 Å². The van der Waals surface area contributed by atoms with Crippen LogP contribution in [-0.4, -0.2) is 14.6 Å². The van der Waals surface area contributed by atoms with Crippen LogP contribution in [0.4, 0.5) is 13.2 Å². The summed E-state index contributed by atoms with van der Waals surface area (Å²) in [5.74, 6) is 0. The van der Waals surface area contributed by atoms with Gasteiger partial charge in [0.1, 0.15) is 0 Å². The van der Waals surface area contributed by atoms with Crippen LogP contribution in [0.25, 0.3) is 10.9 Å². The van der Waals surface area contributed by atoms with Gasteiger partial charge in [-0.2, -0.15) is 13.2 Å². The van der Waals surface area contributed by atoms with Crippen LogP contribution in [0.2, 0.25) is 0 Å². The quantitative estimate of drug-likeness (QED) is 0.526. The molecule has 0 atom stereocenters. The van der Waals surface area contributed by atoms with E-state index in [0.29, 0.717) is 5.52 Å². The lowest BCUT2D eigenvalue weighted by Gasteiger charge is -2.42. The molecule has 122 valence electrons. The standard InChI is InChI=1S/C17H23F3NP/c1-15(2,3)22(16(4,5)6)21-10-9-12-7-8-13(11-14(12)21)17(18,19)20/h7-11H,1-6H3. The van der Waals surface area contributed by atoms with E-state index in [1.807, 2.05) is 12.3 Å². The van der Waals surface area contributed by atoms with Gasteiger partial charge in [0.25, 0.3) is 0 Å². The van der Waals surface area contributed by atoms with Crippen molar-refractivity contribution in [2.24, 2.45) is 0 Å². The predicted molar refractivity (Wildman–Crippen MR) is 88.8 cm³/mol. The van der Waals surface area contributed by atoms with E-state index in [1.54, 1.807) is 6.07 Å². The van der Waals surface area contributed by atoms with Gasteiger partial charge in [0, 0.05) is 24.6 Å². The molecule has 0 unspecified atom stereocenters. The summed E-state index contributed by atoms with van der Waals surface area (Å²) in [6.07, 6.45) is -2.37. The number of rotatable bonds is 1. The monoisotopic (exact) mass is 329 g/mol. The number of alkyl halides is 3. The highest BCUT2D eigenvalue weighted by Gasteiger charge is 2.37. The molecule has 0 aliphatic carbocycles. The lowest BCUT2D eigenvalue weighted by molar-refractivity contribution is -0.137. The number of fused-ring (bicyclic) bond motifs is 1. The third-order valence-electron chi connectivity index (χ3n) is 3.49. The van der Waals surface area contributed by atoms with Crippen LogP contribution in [-0.2, 0) is 6.18 Å². The van der Waals surface area contributed by atoms with Gasteiger partial charge in [-0.1, -0.05) is 47.6 Å². The smallest absolute Gasteiger partial charge is 0.325 e. The molecular formula is C17H23F3NP. The van der Waals surface area contributed by atoms with E-state index >= 15 is 0 Å². The summed E-state index contributed by atoms with van der Waals surface area (Å²) in [7, 11) is -0.700. The van der Waals surface area contributed by atoms with E-state index < -0.39 is 19.8 Å². The maximum atomic E-state index is 13.0. The average Bonchev–Trinajstić information content (AvgIpc) is 2.67. The lowest BCUT2D eigenvalue weighted by Crippen LogP contribution is -2.28. The number of hydrogen-bond donors (Lipinski definition) is 0. The van der Waals surface area contributed by atoms with Crippen molar-refractivity contribution < 1.29 is 13.2 Å². The number of hydrogen-bond acceptors (Lipinski definition) is 0. The fraction of sp³-hybridized carbons (Fsp3) is 0.529. The summed E-state index contributed by atoms with van der Waals surface area (Å²) < 4.78 is 41.1. The largest absolute Gasteiger partial charge is 0.416 e. The van der Waals surface area contributed by atoms with Gasteiger partial charge < -0.3 is 4.34 Å². The Morgan fingerprint density at radius 3 is 1.86 bits per heavy atom. The lowest BCUT2D eigenvalue weighted by atomic mass is 10.1. The van der Waals surface area contributed by atoms with Crippen LogP contribution in [0.15, 0.2) is 30.5 Å². The molecule has 0 aliphatic heterocycles. The zero-order chi connectivity index (χ0) is 16.9. The summed E-state index contributed by atoms with van der Waals surface area (Å²) >= 11 is 0. The Bertz CT molecular complexity index is 658. The van der Waals surface area contributed by atoms with Gasteiger partial charge in [0.05, 0.1) is 11.1 Å². The molecule has 0 saturated heterocycles. The molecule has 0 N–H and O–H groups in total. The summed E-state index contributed by atoms with van der Waals surface area (Å²) in [5.41, 5.74) is 0.0866. The Morgan fingerprint density at radius 2 is 1.41 bits per heavy atom. The van der Waals surface area contributed by atoms with Crippen LogP contribution in [0, 0.1) is 0 Å². The van der Waals surface area contributed by atoms with Crippen LogP contribution >= 0.6 is 8.07 Å². The Labute approximate surface area is 131 Å². The Balaban J connectivity index is 2.69. The molecule has 22 heavy (non-hydrogen) atoms. The first-order valence-electron chi connectivity index (χ1n) is 7.31. The molecule has 1 aromatic heterocycles. The van der Waals surface area contributed by atoms with Gasteiger partial charge in [0.15, 0.2) is 0 Å². The second-order valence-corrected chi connectivity index (χ2v) is 11.3. The minimum Gasteiger partial charge on any atom is -0.325 e. The normalized spacial score (nSPS) is 14.1.